The van der Waals surface area contributed by atoms with Gasteiger partial charge < -0.3 is 29.6 Å². The molecule has 3 atom stereocenters. The Morgan fingerprint density at radius 1 is 1.23 bits per heavy atom. The van der Waals surface area contributed by atoms with Gasteiger partial charge in [0, 0.05) is 19.3 Å². The number of carbonyl (C=O) groups is 1. The maximum Gasteiger partial charge on any atom is 0.408 e. The number of amides is 1. The van der Waals surface area contributed by atoms with E-state index in [0.717, 1.165) is 0 Å². The van der Waals surface area contributed by atoms with Crippen molar-refractivity contribution in [3.63, 3.8) is 0 Å². The van der Waals surface area contributed by atoms with Crippen molar-refractivity contribution >= 4 is 28.7 Å². The lowest BCUT2D eigenvalue weighted by molar-refractivity contribution is -0.224. The van der Waals surface area contributed by atoms with E-state index in [9.17, 15) is 18.0 Å². The number of alkyl halides is 3. The molecule has 3 N–H and O–H groups in total. The van der Waals surface area contributed by atoms with Gasteiger partial charge in [0.15, 0.2) is 5.79 Å². The molecule has 2 aromatic heterocycles. The third-order valence-electron chi connectivity index (χ3n) is 6.36. The number of alkyl carbamates (subject to hydrolysis) is 1. The Morgan fingerprint density at radius 2 is 1.90 bits per heavy atom. The van der Waals surface area contributed by atoms with Gasteiger partial charge in [-0.1, -0.05) is 11.6 Å². The van der Waals surface area contributed by atoms with Crippen LogP contribution in [0.3, 0.4) is 0 Å². The van der Waals surface area contributed by atoms with Gasteiger partial charge in [0.05, 0.1) is 11.5 Å². The molecule has 2 fully saturated rings. The summed E-state index contributed by atoms with van der Waals surface area (Å²) < 4.78 is 56.1. The lowest BCUT2D eigenvalue weighted by atomic mass is 9.94. The van der Waals surface area contributed by atoms with Crippen molar-refractivity contribution in [2.45, 2.75) is 95.7 Å². The van der Waals surface area contributed by atoms with Crippen LogP contribution in [-0.2, 0) is 9.47 Å². The molecule has 0 radical (unpaired) electrons. The second kappa shape index (κ2) is 11.7. The van der Waals surface area contributed by atoms with E-state index in [1.54, 1.807) is 33.0 Å². The van der Waals surface area contributed by atoms with Crippen molar-refractivity contribution in [1.82, 2.24) is 24.8 Å². The maximum absolute atomic E-state index is 14.3. The first-order valence-corrected chi connectivity index (χ1v) is 13.1. The van der Waals surface area contributed by atoms with E-state index in [0.29, 0.717) is 35.4 Å². The summed E-state index contributed by atoms with van der Waals surface area (Å²) in [6.07, 6.45) is -1.43. The van der Waals surface area contributed by atoms with Crippen LogP contribution in [-0.4, -0.2) is 84.6 Å². The lowest BCUT2D eigenvalue weighted by Gasteiger charge is -2.41. The number of nitrogens with zero attached hydrogens (tertiary/aromatic N) is 4. The Morgan fingerprint density at radius 3 is 2.51 bits per heavy atom. The number of halogens is 4. The number of aromatic nitrogens is 3. The van der Waals surface area contributed by atoms with Crippen LogP contribution < -0.4 is 5.32 Å². The molecule has 2 aromatic rings. The molecule has 10 nitrogen and oxygen atoms in total. The Bertz CT molecular complexity index is 1130. The van der Waals surface area contributed by atoms with Gasteiger partial charge >= 0.3 is 12.3 Å². The van der Waals surface area contributed by atoms with Gasteiger partial charge in [0.1, 0.15) is 34.5 Å². The second-order valence-electron chi connectivity index (χ2n) is 11.3. The third kappa shape index (κ3) is 8.16. The highest BCUT2D eigenvalue weighted by Crippen LogP contribution is 2.44. The summed E-state index contributed by atoms with van der Waals surface area (Å²) in [5, 5.41) is 19.5. The number of likely N-dealkylation sites (tertiary alicyclic amines) is 1. The van der Waals surface area contributed by atoms with Crippen molar-refractivity contribution < 1.29 is 37.7 Å². The topological polar surface area (TPSA) is 122 Å². The number of fused-ring (bicyclic) bond motifs is 1. The normalized spacial score (nSPS) is 24.5. The molecule has 2 aliphatic heterocycles. The third-order valence-corrected chi connectivity index (χ3v) is 6.66. The average molecular weight is 580 g/mol. The Balaban J connectivity index is 0.000000771. The highest BCUT2D eigenvalue weighted by molar-refractivity contribution is 6.33. The molecule has 14 heteroatoms. The van der Waals surface area contributed by atoms with E-state index in [-0.39, 0.29) is 31.8 Å². The van der Waals surface area contributed by atoms with Crippen molar-refractivity contribution in [2.75, 3.05) is 19.6 Å². The number of carbonyl (C=O) groups excluding carboxylic acids is 1. The van der Waals surface area contributed by atoms with E-state index in [1.165, 1.54) is 25.1 Å². The molecule has 0 spiro atoms. The predicted octanol–water partition coefficient (Wildman–Crippen LogP) is 4.39. The van der Waals surface area contributed by atoms with E-state index in [2.05, 4.69) is 15.3 Å². The van der Waals surface area contributed by atoms with Crippen molar-refractivity contribution in [3.8, 4) is 0 Å². The molecule has 39 heavy (non-hydrogen) atoms. The summed E-state index contributed by atoms with van der Waals surface area (Å²) in [7, 11) is 0. The Hall–Kier alpha value is -2.19. The largest absolute Gasteiger partial charge is 0.444 e. The Kier molecular flexibility index (Phi) is 9.43. The summed E-state index contributed by atoms with van der Waals surface area (Å²) >= 11 is 6.12. The fraction of sp³-hybridized carbons (Fsp3) is 0.720. The smallest absolute Gasteiger partial charge is 0.408 e. The molecule has 4 rings (SSSR count). The summed E-state index contributed by atoms with van der Waals surface area (Å²) in [5.41, 5.74) is -2.33. The maximum atomic E-state index is 14.3. The molecule has 220 valence electrons. The molecular formula is C25H37ClF3N5O5. The molecule has 2 aliphatic rings. The van der Waals surface area contributed by atoms with E-state index in [1.807, 2.05) is 4.57 Å². The summed E-state index contributed by atoms with van der Waals surface area (Å²) in [6.45, 7) is 7.40. The predicted molar refractivity (Wildman–Crippen MR) is 138 cm³/mol. The van der Waals surface area contributed by atoms with Crippen molar-refractivity contribution in [2.24, 2.45) is 0 Å². The highest BCUT2D eigenvalue weighted by atomic mass is 35.5. The SMILES string of the molecule is CC(C)(C)OC(=O)NCC1(C(F)(F)F)CCCN1CC1CCC(n2ccc3c(Cl)ncnc32)O1.CC(C)(O)O. The molecule has 3 unspecified atom stereocenters. The zero-order chi connectivity index (χ0) is 29.2. The van der Waals surface area contributed by atoms with Crippen LogP contribution in [0.25, 0.3) is 11.0 Å². The van der Waals surface area contributed by atoms with Crippen LogP contribution >= 0.6 is 11.6 Å². The summed E-state index contributed by atoms with van der Waals surface area (Å²) in [6, 6.07) is 1.80. The van der Waals surface area contributed by atoms with Gasteiger partial charge in [-0.2, -0.15) is 13.2 Å². The lowest BCUT2D eigenvalue weighted by Crippen LogP contribution is -2.62. The van der Waals surface area contributed by atoms with Gasteiger partial charge in [-0.25, -0.2) is 14.8 Å². The van der Waals surface area contributed by atoms with Crippen molar-refractivity contribution in [1.29, 1.82) is 0 Å². The fourth-order valence-electron chi connectivity index (χ4n) is 4.80. The number of ether oxygens (including phenoxy) is 2. The van der Waals surface area contributed by atoms with Gasteiger partial charge in [-0.05, 0) is 72.9 Å². The first-order valence-electron chi connectivity index (χ1n) is 12.8. The van der Waals surface area contributed by atoms with Gasteiger partial charge in [0.25, 0.3) is 0 Å². The monoisotopic (exact) mass is 579 g/mol. The first-order chi connectivity index (χ1) is 17.9. The number of rotatable bonds is 5. The van der Waals surface area contributed by atoms with Crippen LogP contribution in [0.15, 0.2) is 18.6 Å². The molecule has 0 aliphatic carbocycles. The van der Waals surface area contributed by atoms with Gasteiger partial charge in [-0.3, -0.25) is 4.90 Å². The minimum absolute atomic E-state index is 0.0971. The molecular weight excluding hydrogens is 543 g/mol. The summed E-state index contributed by atoms with van der Waals surface area (Å²) in [4.78, 5) is 21.7. The van der Waals surface area contributed by atoms with Gasteiger partial charge in [-0.15, -0.1) is 0 Å². The molecule has 0 bridgehead atoms. The highest BCUT2D eigenvalue weighted by Gasteiger charge is 2.60. The zero-order valence-electron chi connectivity index (χ0n) is 22.8. The van der Waals surface area contributed by atoms with Crippen LogP contribution in [0, 0.1) is 0 Å². The minimum atomic E-state index is -4.53. The van der Waals surface area contributed by atoms with Crippen molar-refractivity contribution in [3.05, 3.63) is 23.7 Å². The van der Waals surface area contributed by atoms with E-state index in [4.69, 9.17) is 31.3 Å². The van der Waals surface area contributed by atoms with Gasteiger partial charge in [0.2, 0.25) is 0 Å². The Labute approximate surface area is 230 Å². The molecule has 4 heterocycles. The second-order valence-corrected chi connectivity index (χ2v) is 11.7. The number of nitrogens with one attached hydrogen (secondary N) is 1. The standard InChI is InChI=1S/C22H29ClF3N5O3.C3H8O2/c1-20(2,3)34-19(32)27-12-21(22(24,25)26)8-4-9-30(21)11-14-5-6-16(33-14)31-10-7-15-17(23)28-13-29-18(15)31;1-3(2,4)5/h7,10,13-14,16H,4-6,8-9,11-12H2,1-3H3,(H,27,32);4-5H,1-2H3. The minimum Gasteiger partial charge on any atom is -0.444 e. The zero-order valence-corrected chi connectivity index (χ0v) is 23.5. The van der Waals surface area contributed by atoms with Crippen LogP contribution in [0.4, 0.5) is 18.0 Å². The quantitative estimate of drug-likeness (QED) is 0.352. The number of hydrogen-bond acceptors (Lipinski definition) is 8. The average Bonchev–Trinajstić information content (AvgIpc) is 3.49. The van der Waals surface area contributed by atoms with E-state index < -0.39 is 35.7 Å². The molecule has 1 amide bonds. The van der Waals surface area contributed by atoms with Crippen LogP contribution in [0.5, 0.6) is 0 Å². The van der Waals surface area contributed by atoms with Crippen LogP contribution in [0.1, 0.15) is 66.5 Å². The van der Waals surface area contributed by atoms with E-state index >= 15 is 0 Å². The molecule has 0 saturated carbocycles. The number of aliphatic hydroxyl groups is 2. The fourth-order valence-corrected chi connectivity index (χ4v) is 4.99. The molecule has 2 saturated heterocycles. The first kappa shape index (κ1) is 31.3. The molecule has 0 aromatic carbocycles. The van der Waals surface area contributed by atoms with Crippen LogP contribution in [0.2, 0.25) is 5.15 Å². The summed E-state index contributed by atoms with van der Waals surface area (Å²) in [5.74, 6) is -1.50. The number of hydrogen-bond donors (Lipinski definition) is 3.